The second-order valence-electron chi connectivity index (χ2n) is 3.23. The zero-order valence-electron chi connectivity index (χ0n) is 8.03. The Kier molecular flexibility index (Phi) is 5.90. The maximum Gasteiger partial charge on any atom is 0.321 e. The molecule has 0 aromatic carbocycles. The van der Waals surface area contributed by atoms with E-state index in [-0.39, 0.29) is 5.75 Å². The van der Waals surface area contributed by atoms with Gasteiger partial charge in [0.05, 0.1) is 0 Å². The molecule has 78 valence electrons. The monoisotopic (exact) mass is 207 g/mol. The van der Waals surface area contributed by atoms with Gasteiger partial charge in [-0.2, -0.15) is 0 Å². The Morgan fingerprint density at radius 3 is 2.46 bits per heavy atom. The van der Waals surface area contributed by atoms with Crippen LogP contribution in [-0.2, 0) is 15.6 Å². The van der Waals surface area contributed by atoms with Crippen LogP contribution < -0.4 is 5.73 Å². The fourth-order valence-corrected chi connectivity index (χ4v) is 2.32. The molecular weight excluding hydrogens is 190 g/mol. The summed E-state index contributed by atoms with van der Waals surface area (Å²) in [4.78, 5) is 10.3. The molecule has 0 amide bonds. The van der Waals surface area contributed by atoms with E-state index in [0.717, 1.165) is 6.42 Å². The lowest BCUT2D eigenvalue weighted by atomic mass is 10.2. The van der Waals surface area contributed by atoms with Crippen LogP contribution >= 0.6 is 0 Å². The van der Waals surface area contributed by atoms with Crippen LogP contribution in [0.4, 0.5) is 0 Å². The van der Waals surface area contributed by atoms with Crippen LogP contribution in [0.15, 0.2) is 0 Å². The lowest BCUT2D eigenvalue weighted by Crippen LogP contribution is -2.36. The first-order valence-corrected chi connectivity index (χ1v) is 5.79. The largest absolute Gasteiger partial charge is 0.480 e. The van der Waals surface area contributed by atoms with Gasteiger partial charge in [-0.1, -0.05) is 20.3 Å². The van der Waals surface area contributed by atoms with Crippen molar-refractivity contribution in [1.29, 1.82) is 0 Å². The molecule has 3 unspecified atom stereocenters. The van der Waals surface area contributed by atoms with E-state index in [1.807, 2.05) is 13.8 Å². The lowest BCUT2D eigenvalue weighted by Gasteiger charge is -2.09. The minimum Gasteiger partial charge on any atom is -0.480 e. The number of carboxylic acids is 1. The van der Waals surface area contributed by atoms with Crippen molar-refractivity contribution in [2.24, 2.45) is 11.7 Å². The first-order valence-electron chi connectivity index (χ1n) is 4.30. The molecule has 0 heterocycles. The standard InChI is InChI=1S/C8H17NO3S/c1-3-6(2)4-13(12)5-7(9)8(10)11/h6-7H,3-5,9H2,1-2H3,(H,10,11). The molecule has 3 N–H and O–H groups in total. The van der Waals surface area contributed by atoms with E-state index in [1.165, 1.54) is 0 Å². The van der Waals surface area contributed by atoms with E-state index < -0.39 is 22.8 Å². The summed E-state index contributed by atoms with van der Waals surface area (Å²) in [5.74, 6) is -0.128. The molecule has 5 heteroatoms. The normalized spacial score (nSPS) is 17.8. The zero-order chi connectivity index (χ0) is 10.4. The van der Waals surface area contributed by atoms with Gasteiger partial charge in [0.15, 0.2) is 0 Å². The van der Waals surface area contributed by atoms with E-state index in [9.17, 15) is 9.00 Å². The first kappa shape index (κ1) is 12.6. The number of hydrogen-bond acceptors (Lipinski definition) is 3. The molecule has 0 saturated heterocycles. The summed E-state index contributed by atoms with van der Waals surface area (Å²) in [6.07, 6.45) is 0.952. The number of hydrogen-bond donors (Lipinski definition) is 2. The third-order valence-corrected chi connectivity index (χ3v) is 3.52. The Balaban J connectivity index is 3.81. The number of nitrogens with two attached hydrogens (primary N) is 1. The topological polar surface area (TPSA) is 80.4 Å². The molecule has 13 heavy (non-hydrogen) atoms. The Bertz CT molecular complexity index is 196. The second-order valence-corrected chi connectivity index (χ2v) is 4.78. The SMILES string of the molecule is CCC(C)CS(=O)CC(N)C(=O)O. The second kappa shape index (κ2) is 6.10. The fraction of sp³-hybridized carbons (Fsp3) is 0.875. The third kappa shape index (κ3) is 5.76. The minimum absolute atomic E-state index is 0.0552. The average Bonchev–Trinajstić information content (AvgIpc) is 2.03. The molecule has 0 rings (SSSR count). The van der Waals surface area contributed by atoms with Gasteiger partial charge in [0.2, 0.25) is 0 Å². The molecule has 0 spiro atoms. The highest BCUT2D eigenvalue weighted by molar-refractivity contribution is 7.85. The first-order chi connectivity index (χ1) is 5.97. The summed E-state index contributed by atoms with van der Waals surface area (Å²) in [5, 5.41) is 8.46. The van der Waals surface area contributed by atoms with E-state index in [4.69, 9.17) is 10.8 Å². The molecule has 3 atom stereocenters. The summed E-state index contributed by atoms with van der Waals surface area (Å²) >= 11 is 0. The minimum atomic E-state index is -1.11. The molecule has 0 radical (unpaired) electrons. The third-order valence-electron chi connectivity index (χ3n) is 1.85. The van der Waals surface area contributed by atoms with Crippen LogP contribution in [-0.4, -0.2) is 32.8 Å². The molecule has 0 aliphatic rings. The van der Waals surface area contributed by atoms with Crippen LogP contribution in [0.1, 0.15) is 20.3 Å². The van der Waals surface area contributed by atoms with Gasteiger partial charge in [-0.25, -0.2) is 0 Å². The summed E-state index contributed by atoms with van der Waals surface area (Å²) in [6.45, 7) is 4.00. The van der Waals surface area contributed by atoms with Crippen molar-refractivity contribution in [3.63, 3.8) is 0 Å². The highest BCUT2D eigenvalue weighted by Gasteiger charge is 2.16. The van der Waals surface area contributed by atoms with Crippen LogP contribution in [0.25, 0.3) is 0 Å². The Morgan fingerprint density at radius 1 is 1.54 bits per heavy atom. The van der Waals surface area contributed by atoms with E-state index in [1.54, 1.807) is 0 Å². The fourth-order valence-electron chi connectivity index (χ4n) is 0.775. The van der Waals surface area contributed by atoms with Crippen molar-refractivity contribution in [3.05, 3.63) is 0 Å². The smallest absolute Gasteiger partial charge is 0.321 e. The molecule has 0 saturated carbocycles. The van der Waals surface area contributed by atoms with Crippen molar-refractivity contribution in [2.75, 3.05) is 11.5 Å². The number of carbonyl (C=O) groups is 1. The Labute approximate surface area is 81.0 Å². The van der Waals surface area contributed by atoms with Crippen molar-refractivity contribution < 1.29 is 14.1 Å². The van der Waals surface area contributed by atoms with E-state index in [2.05, 4.69) is 0 Å². The van der Waals surface area contributed by atoms with Crippen molar-refractivity contribution in [2.45, 2.75) is 26.3 Å². The van der Waals surface area contributed by atoms with Crippen LogP contribution in [0.3, 0.4) is 0 Å². The highest BCUT2D eigenvalue weighted by Crippen LogP contribution is 2.03. The molecule has 4 nitrogen and oxygen atoms in total. The van der Waals surface area contributed by atoms with Crippen LogP contribution in [0.2, 0.25) is 0 Å². The zero-order valence-corrected chi connectivity index (χ0v) is 8.84. The lowest BCUT2D eigenvalue weighted by molar-refractivity contribution is -0.137. The van der Waals surface area contributed by atoms with Gasteiger partial charge in [-0.3, -0.25) is 9.00 Å². The van der Waals surface area contributed by atoms with Crippen LogP contribution in [0.5, 0.6) is 0 Å². The molecule has 0 aromatic heterocycles. The van der Waals surface area contributed by atoms with Gasteiger partial charge in [0.25, 0.3) is 0 Å². The molecule has 0 bridgehead atoms. The summed E-state index contributed by atoms with van der Waals surface area (Å²) < 4.78 is 11.3. The number of carboxylic acid groups (broad SMARTS) is 1. The molecule has 0 aliphatic heterocycles. The maximum absolute atomic E-state index is 11.3. The summed E-state index contributed by atoms with van der Waals surface area (Å²) in [5.41, 5.74) is 5.24. The Hall–Kier alpha value is -0.420. The molecular formula is C8H17NO3S. The van der Waals surface area contributed by atoms with Crippen LogP contribution in [0, 0.1) is 5.92 Å². The molecule has 0 aromatic rings. The maximum atomic E-state index is 11.3. The van der Waals surface area contributed by atoms with Gasteiger partial charge < -0.3 is 10.8 Å². The Morgan fingerprint density at radius 2 is 2.08 bits per heavy atom. The van der Waals surface area contributed by atoms with Crippen molar-refractivity contribution >= 4 is 16.8 Å². The number of aliphatic carboxylic acids is 1. The predicted octanol–water partition coefficient (Wildman–Crippen LogP) is 0.193. The molecule has 0 aliphatic carbocycles. The summed E-state index contributed by atoms with van der Waals surface area (Å²) in [6, 6.07) is -0.995. The van der Waals surface area contributed by atoms with Gasteiger partial charge in [0.1, 0.15) is 6.04 Å². The quantitative estimate of drug-likeness (QED) is 0.651. The van der Waals surface area contributed by atoms with Gasteiger partial charge in [-0.05, 0) is 5.92 Å². The average molecular weight is 207 g/mol. The van der Waals surface area contributed by atoms with Gasteiger partial charge in [-0.15, -0.1) is 0 Å². The van der Waals surface area contributed by atoms with E-state index in [0.29, 0.717) is 11.7 Å². The van der Waals surface area contributed by atoms with E-state index >= 15 is 0 Å². The number of rotatable bonds is 6. The molecule has 0 fully saturated rings. The van der Waals surface area contributed by atoms with Crippen molar-refractivity contribution in [1.82, 2.24) is 0 Å². The predicted molar refractivity (Wildman–Crippen MR) is 52.9 cm³/mol. The summed E-state index contributed by atoms with van der Waals surface area (Å²) in [7, 11) is -1.11. The van der Waals surface area contributed by atoms with Gasteiger partial charge >= 0.3 is 5.97 Å². The highest BCUT2D eigenvalue weighted by atomic mass is 32.2. The van der Waals surface area contributed by atoms with Crippen molar-refractivity contribution in [3.8, 4) is 0 Å². The van der Waals surface area contributed by atoms with Gasteiger partial charge in [0, 0.05) is 22.3 Å².